The molecule has 0 bridgehead atoms. The number of quaternary nitrogens is 1. The highest BCUT2D eigenvalue weighted by molar-refractivity contribution is 9.10. The zero-order chi connectivity index (χ0) is 23.7. The first-order valence-corrected chi connectivity index (χ1v) is 12.1. The molecule has 1 fully saturated rings. The van der Waals surface area contributed by atoms with Crippen LogP contribution in [0.2, 0.25) is 10.0 Å². The second-order valence-corrected chi connectivity index (χ2v) is 11.3. The summed E-state index contributed by atoms with van der Waals surface area (Å²) in [6.07, 6.45) is 2.19. The van der Waals surface area contributed by atoms with E-state index in [4.69, 9.17) is 23.2 Å². The van der Waals surface area contributed by atoms with Gasteiger partial charge in [-0.25, -0.2) is 9.69 Å². The molecule has 0 saturated carbocycles. The third kappa shape index (κ3) is 5.66. The van der Waals surface area contributed by atoms with Crippen molar-refractivity contribution < 1.29 is 14.1 Å². The van der Waals surface area contributed by atoms with Gasteiger partial charge in [0.1, 0.15) is 5.54 Å². The van der Waals surface area contributed by atoms with Crippen molar-refractivity contribution >= 4 is 56.8 Å². The van der Waals surface area contributed by atoms with Crippen LogP contribution in [0.15, 0.2) is 46.9 Å². The molecule has 0 radical (unpaired) electrons. The number of anilines is 1. The predicted molar refractivity (Wildman–Crippen MR) is 134 cm³/mol. The number of nitrogens with zero attached hydrogens (tertiary/aromatic N) is 3. The summed E-state index contributed by atoms with van der Waals surface area (Å²) in [7, 11) is 6.44. The van der Waals surface area contributed by atoms with Crippen molar-refractivity contribution in [2.45, 2.75) is 31.7 Å². The molecule has 5 nitrogen and oxygen atoms in total. The molecule has 1 aliphatic heterocycles. The van der Waals surface area contributed by atoms with Crippen LogP contribution in [-0.4, -0.2) is 61.1 Å². The Bertz CT molecular complexity index is 987. The fourth-order valence-electron chi connectivity index (χ4n) is 4.04. The molecule has 8 heteroatoms. The molecule has 1 saturated heterocycles. The zero-order valence-corrected chi connectivity index (χ0v) is 22.0. The van der Waals surface area contributed by atoms with Crippen molar-refractivity contribution in [3.8, 4) is 0 Å². The molecule has 0 aromatic heterocycles. The molecule has 0 N–H and O–H groups in total. The van der Waals surface area contributed by atoms with Gasteiger partial charge in [-0.15, -0.1) is 0 Å². The van der Waals surface area contributed by atoms with Gasteiger partial charge in [-0.05, 0) is 55.7 Å². The summed E-state index contributed by atoms with van der Waals surface area (Å²) in [5.74, 6) is -0.268. The topological polar surface area (TPSA) is 40.6 Å². The van der Waals surface area contributed by atoms with Gasteiger partial charge in [0, 0.05) is 27.5 Å². The van der Waals surface area contributed by atoms with Crippen LogP contribution >= 0.6 is 39.1 Å². The van der Waals surface area contributed by atoms with Crippen LogP contribution in [0, 0.1) is 0 Å². The second kappa shape index (κ2) is 9.72. The summed E-state index contributed by atoms with van der Waals surface area (Å²) in [6.45, 7) is 3.34. The number of rotatable bonds is 8. The average Bonchev–Trinajstić information content (AvgIpc) is 2.85. The molecule has 1 atom stereocenters. The quantitative estimate of drug-likeness (QED) is 0.233. The lowest BCUT2D eigenvalue weighted by atomic mass is 9.91. The maximum absolute atomic E-state index is 13.7. The number of urea groups is 1. The first-order valence-electron chi connectivity index (χ1n) is 10.6. The number of amides is 3. The SMILES string of the molecule is C[C@@]1(Cc2ccc(Br)cc2)C(=O)N(c2cc(Cl)cc(Cl)c2)C(=O)N1CCCC[N+](C)(C)C. The lowest BCUT2D eigenvalue weighted by Gasteiger charge is -2.32. The summed E-state index contributed by atoms with van der Waals surface area (Å²) < 4.78 is 1.82. The molecule has 1 heterocycles. The molecular formula is C24H29BrCl2N3O2+. The normalized spacial score (nSPS) is 19.2. The minimum atomic E-state index is -1.00. The van der Waals surface area contributed by atoms with Crippen molar-refractivity contribution in [2.75, 3.05) is 39.1 Å². The third-order valence-corrected chi connectivity index (χ3v) is 6.67. The van der Waals surface area contributed by atoms with Gasteiger partial charge in [0.15, 0.2) is 0 Å². The summed E-state index contributed by atoms with van der Waals surface area (Å²) >= 11 is 15.8. The molecule has 2 aromatic rings. The molecule has 3 amide bonds. The molecule has 0 unspecified atom stereocenters. The molecule has 172 valence electrons. The van der Waals surface area contributed by atoms with E-state index in [-0.39, 0.29) is 11.9 Å². The van der Waals surface area contributed by atoms with Crippen LogP contribution in [0.3, 0.4) is 0 Å². The van der Waals surface area contributed by atoms with E-state index >= 15 is 0 Å². The minimum absolute atomic E-state index is 0.268. The van der Waals surface area contributed by atoms with Crippen LogP contribution in [-0.2, 0) is 11.2 Å². The molecule has 32 heavy (non-hydrogen) atoms. The van der Waals surface area contributed by atoms with Gasteiger partial charge in [-0.3, -0.25) is 4.79 Å². The van der Waals surface area contributed by atoms with E-state index in [1.807, 2.05) is 31.2 Å². The fraction of sp³-hybridized carbons (Fsp3) is 0.417. The van der Waals surface area contributed by atoms with Gasteiger partial charge in [-0.2, -0.15) is 0 Å². The Morgan fingerprint density at radius 1 is 0.969 bits per heavy atom. The molecule has 3 rings (SSSR count). The van der Waals surface area contributed by atoms with Gasteiger partial charge in [0.2, 0.25) is 0 Å². The van der Waals surface area contributed by atoms with E-state index in [0.717, 1.165) is 33.9 Å². The van der Waals surface area contributed by atoms with Crippen LogP contribution < -0.4 is 4.90 Å². The van der Waals surface area contributed by atoms with Gasteiger partial charge in [0.25, 0.3) is 5.91 Å². The maximum atomic E-state index is 13.7. The summed E-state index contributed by atoms with van der Waals surface area (Å²) in [5.41, 5.74) is 0.378. The van der Waals surface area contributed by atoms with Crippen LogP contribution in [0.5, 0.6) is 0 Å². The van der Waals surface area contributed by atoms with Gasteiger partial charge in [-0.1, -0.05) is 51.3 Å². The Kier molecular flexibility index (Phi) is 7.60. The Hall–Kier alpha value is -1.60. The minimum Gasteiger partial charge on any atom is -0.331 e. The van der Waals surface area contributed by atoms with Crippen molar-refractivity contribution in [3.05, 3.63) is 62.5 Å². The van der Waals surface area contributed by atoms with E-state index in [0.29, 0.717) is 28.7 Å². The fourth-order valence-corrected chi connectivity index (χ4v) is 4.82. The van der Waals surface area contributed by atoms with E-state index in [1.54, 1.807) is 23.1 Å². The van der Waals surface area contributed by atoms with E-state index in [9.17, 15) is 9.59 Å². The van der Waals surface area contributed by atoms with Crippen molar-refractivity contribution in [1.29, 1.82) is 0 Å². The number of imide groups is 1. The van der Waals surface area contributed by atoms with E-state index in [1.165, 1.54) is 4.90 Å². The monoisotopic (exact) mass is 540 g/mol. The van der Waals surface area contributed by atoms with Gasteiger partial charge < -0.3 is 9.38 Å². The number of hydrogen-bond donors (Lipinski definition) is 0. The first kappa shape index (κ1) is 25.0. The van der Waals surface area contributed by atoms with Crippen molar-refractivity contribution in [3.63, 3.8) is 0 Å². The third-order valence-electron chi connectivity index (χ3n) is 5.71. The second-order valence-electron chi connectivity index (χ2n) is 9.50. The highest BCUT2D eigenvalue weighted by Gasteiger charge is 2.54. The highest BCUT2D eigenvalue weighted by Crippen LogP contribution is 2.37. The number of halogens is 3. The Morgan fingerprint density at radius 2 is 1.56 bits per heavy atom. The number of carbonyl (C=O) groups is 2. The molecule has 0 spiro atoms. The van der Waals surface area contributed by atoms with E-state index < -0.39 is 5.54 Å². The van der Waals surface area contributed by atoms with Gasteiger partial charge in [0.05, 0.1) is 33.4 Å². The van der Waals surface area contributed by atoms with Gasteiger partial charge >= 0.3 is 6.03 Å². The maximum Gasteiger partial charge on any atom is 0.332 e. The Morgan fingerprint density at radius 3 is 2.12 bits per heavy atom. The zero-order valence-electron chi connectivity index (χ0n) is 18.9. The standard InChI is InChI=1S/C24H29BrCl2N3O2/c1-24(16-17-7-9-18(25)10-8-17)22(31)29(21-14-19(26)13-20(27)15-21)23(32)28(24)11-5-6-12-30(2,3)4/h7-10,13-15H,5-6,11-12,16H2,1-4H3/q+1/t24-/m1/s1. The lowest BCUT2D eigenvalue weighted by Crippen LogP contribution is -2.49. The molecule has 2 aromatic carbocycles. The number of hydrogen-bond acceptors (Lipinski definition) is 2. The average molecular weight is 542 g/mol. The molecular weight excluding hydrogens is 513 g/mol. The largest absolute Gasteiger partial charge is 0.332 e. The Labute approximate surface area is 208 Å². The highest BCUT2D eigenvalue weighted by atomic mass is 79.9. The van der Waals surface area contributed by atoms with Crippen LogP contribution in [0.25, 0.3) is 0 Å². The Balaban J connectivity index is 1.93. The lowest BCUT2D eigenvalue weighted by molar-refractivity contribution is -0.870. The molecule has 0 aliphatic carbocycles. The smallest absolute Gasteiger partial charge is 0.331 e. The summed E-state index contributed by atoms with van der Waals surface area (Å²) in [5, 5.41) is 0.758. The van der Waals surface area contributed by atoms with Crippen LogP contribution in [0.1, 0.15) is 25.3 Å². The summed E-state index contributed by atoms with van der Waals surface area (Å²) in [6, 6.07) is 12.3. The van der Waals surface area contributed by atoms with Crippen molar-refractivity contribution in [2.24, 2.45) is 0 Å². The number of carbonyl (C=O) groups excluding carboxylic acids is 2. The van der Waals surface area contributed by atoms with Crippen molar-refractivity contribution in [1.82, 2.24) is 4.90 Å². The number of benzene rings is 2. The number of unbranched alkanes of at least 4 members (excludes halogenated alkanes) is 1. The van der Waals surface area contributed by atoms with E-state index in [2.05, 4.69) is 37.1 Å². The summed E-state index contributed by atoms with van der Waals surface area (Å²) in [4.78, 5) is 30.2. The predicted octanol–water partition coefficient (Wildman–Crippen LogP) is 6.01. The molecule has 1 aliphatic rings. The van der Waals surface area contributed by atoms with Crippen LogP contribution in [0.4, 0.5) is 10.5 Å². The first-order chi connectivity index (χ1) is 14.9.